The molecule has 0 bridgehead atoms. The standard InChI is InChI=1S/C22H18N6O4S/c1-2-26(14-16-6-4-3-5-7-16)18-10-8-17(9-11-18)24-25-19-12-22(33-15-23)21(28(31)32)13-20(19)27(29)30/h3-13H,2,14H2,1H3. The minimum atomic E-state index is -0.777. The monoisotopic (exact) mass is 462 g/mol. The fraction of sp³-hybridized carbons (Fsp3) is 0.136. The molecule has 0 saturated heterocycles. The van der Waals surface area contributed by atoms with Crippen LogP contribution < -0.4 is 4.90 Å². The van der Waals surface area contributed by atoms with Crippen LogP contribution in [0, 0.1) is 30.9 Å². The highest BCUT2D eigenvalue weighted by Gasteiger charge is 2.25. The van der Waals surface area contributed by atoms with E-state index in [-0.39, 0.29) is 10.6 Å². The Bertz CT molecular complexity index is 1230. The number of hydrogen-bond donors (Lipinski definition) is 0. The molecule has 166 valence electrons. The number of nitro benzene ring substituents is 2. The van der Waals surface area contributed by atoms with E-state index in [0.717, 1.165) is 30.9 Å². The molecule has 0 heterocycles. The molecule has 3 aromatic carbocycles. The molecular formula is C22H18N6O4S. The van der Waals surface area contributed by atoms with Gasteiger partial charge in [-0.2, -0.15) is 10.4 Å². The Morgan fingerprint density at radius 2 is 1.64 bits per heavy atom. The van der Waals surface area contributed by atoms with Crippen LogP contribution in [0.3, 0.4) is 0 Å². The van der Waals surface area contributed by atoms with Gasteiger partial charge in [0.05, 0.1) is 21.6 Å². The molecular weight excluding hydrogens is 444 g/mol. The van der Waals surface area contributed by atoms with Gasteiger partial charge in [-0.3, -0.25) is 20.2 Å². The topological polar surface area (TPSA) is 138 Å². The Kier molecular flexibility index (Phi) is 7.67. The van der Waals surface area contributed by atoms with Crippen LogP contribution in [0.25, 0.3) is 0 Å². The van der Waals surface area contributed by atoms with Crippen LogP contribution in [0.15, 0.2) is 81.9 Å². The van der Waals surface area contributed by atoms with Gasteiger partial charge in [-0.15, -0.1) is 5.11 Å². The zero-order chi connectivity index (χ0) is 23.8. The molecule has 0 fully saturated rings. The molecule has 0 saturated carbocycles. The third-order valence-corrected chi connectivity index (χ3v) is 5.33. The van der Waals surface area contributed by atoms with E-state index in [9.17, 15) is 20.2 Å². The second-order valence-electron chi connectivity index (χ2n) is 6.73. The van der Waals surface area contributed by atoms with Crippen LogP contribution in [-0.2, 0) is 6.54 Å². The van der Waals surface area contributed by atoms with Crippen LogP contribution in [0.4, 0.5) is 28.4 Å². The Labute approximate surface area is 193 Å². The molecule has 10 nitrogen and oxygen atoms in total. The second kappa shape index (κ2) is 10.8. The van der Waals surface area contributed by atoms with E-state index in [2.05, 4.69) is 34.2 Å². The van der Waals surface area contributed by atoms with Crippen molar-refractivity contribution in [1.82, 2.24) is 0 Å². The minimum absolute atomic E-state index is 0.0445. The number of benzene rings is 3. The molecule has 0 spiro atoms. The highest BCUT2D eigenvalue weighted by Crippen LogP contribution is 2.39. The maximum atomic E-state index is 11.4. The van der Waals surface area contributed by atoms with E-state index in [1.54, 1.807) is 17.5 Å². The fourth-order valence-electron chi connectivity index (χ4n) is 3.08. The van der Waals surface area contributed by atoms with Crippen molar-refractivity contribution in [3.8, 4) is 5.40 Å². The molecule has 0 aliphatic rings. The summed E-state index contributed by atoms with van der Waals surface area (Å²) >= 11 is 0.529. The van der Waals surface area contributed by atoms with Crippen LogP contribution in [0.5, 0.6) is 0 Å². The lowest BCUT2D eigenvalue weighted by Gasteiger charge is -2.23. The van der Waals surface area contributed by atoms with Crippen LogP contribution >= 0.6 is 11.8 Å². The maximum absolute atomic E-state index is 11.4. The predicted molar refractivity (Wildman–Crippen MR) is 125 cm³/mol. The first-order chi connectivity index (χ1) is 15.9. The first-order valence-corrected chi connectivity index (χ1v) is 10.6. The number of nitro groups is 2. The molecule has 0 aliphatic carbocycles. The van der Waals surface area contributed by atoms with Gasteiger partial charge in [0.15, 0.2) is 5.69 Å². The van der Waals surface area contributed by atoms with Crippen LogP contribution in [-0.4, -0.2) is 16.4 Å². The lowest BCUT2D eigenvalue weighted by atomic mass is 10.2. The zero-order valence-corrected chi connectivity index (χ0v) is 18.3. The average Bonchev–Trinajstić information content (AvgIpc) is 2.82. The lowest BCUT2D eigenvalue weighted by molar-refractivity contribution is -0.395. The van der Waals surface area contributed by atoms with Gasteiger partial charge in [0.1, 0.15) is 10.3 Å². The van der Waals surface area contributed by atoms with E-state index in [0.29, 0.717) is 17.4 Å². The molecule has 0 N–H and O–H groups in total. The summed E-state index contributed by atoms with van der Waals surface area (Å²) in [6, 6.07) is 19.2. The number of anilines is 1. The van der Waals surface area contributed by atoms with Gasteiger partial charge in [0.25, 0.3) is 5.69 Å². The van der Waals surface area contributed by atoms with Gasteiger partial charge in [-0.1, -0.05) is 30.3 Å². The summed E-state index contributed by atoms with van der Waals surface area (Å²) < 4.78 is 0. The van der Waals surface area contributed by atoms with Crippen LogP contribution in [0.2, 0.25) is 0 Å². The van der Waals surface area contributed by atoms with Gasteiger partial charge < -0.3 is 4.90 Å². The first-order valence-electron chi connectivity index (χ1n) is 9.76. The highest BCUT2D eigenvalue weighted by atomic mass is 32.2. The summed E-state index contributed by atoms with van der Waals surface area (Å²) in [4.78, 5) is 23.2. The summed E-state index contributed by atoms with van der Waals surface area (Å²) in [6.07, 6.45) is 0. The normalized spacial score (nSPS) is 10.7. The van der Waals surface area contributed by atoms with E-state index in [1.165, 1.54) is 5.56 Å². The second-order valence-corrected chi connectivity index (χ2v) is 7.56. The highest BCUT2D eigenvalue weighted by molar-refractivity contribution is 8.03. The van der Waals surface area contributed by atoms with E-state index in [1.807, 2.05) is 30.3 Å². The fourth-order valence-corrected chi connectivity index (χ4v) is 3.58. The van der Waals surface area contributed by atoms with E-state index in [4.69, 9.17) is 5.26 Å². The first kappa shape index (κ1) is 23.4. The molecule has 0 radical (unpaired) electrons. The predicted octanol–water partition coefficient (Wildman–Crippen LogP) is 6.52. The molecule has 0 amide bonds. The number of nitrogens with zero attached hydrogens (tertiary/aromatic N) is 6. The van der Waals surface area contributed by atoms with Crippen molar-refractivity contribution in [1.29, 1.82) is 5.26 Å². The number of hydrogen-bond acceptors (Lipinski definition) is 9. The molecule has 33 heavy (non-hydrogen) atoms. The zero-order valence-electron chi connectivity index (χ0n) is 17.5. The minimum Gasteiger partial charge on any atom is -0.367 e. The lowest BCUT2D eigenvalue weighted by Crippen LogP contribution is -2.21. The molecule has 11 heteroatoms. The van der Waals surface area contributed by atoms with Crippen LogP contribution in [0.1, 0.15) is 12.5 Å². The summed E-state index contributed by atoms with van der Waals surface area (Å²) in [5, 5.41) is 41.2. The van der Waals surface area contributed by atoms with Crippen molar-refractivity contribution in [3.63, 3.8) is 0 Å². The quantitative estimate of drug-likeness (QED) is 0.116. The van der Waals surface area contributed by atoms with Crippen molar-refractivity contribution in [2.75, 3.05) is 11.4 Å². The number of azo groups is 1. The third kappa shape index (κ3) is 5.90. The molecule has 0 unspecified atom stereocenters. The maximum Gasteiger partial charge on any atom is 0.303 e. The molecule has 0 atom stereocenters. The summed E-state index contributed by atoms with van der Waals surface area (Å²) in [7, 11) is 0. The largest absolute Gasteiger partial charge is 0.367 e. The SMILES string of the molecule is CCN(Cc1ccccc1)c1ccc(N=Nc2cc(SC#N)c([N+](=O)[O-])cc2[N+](=O)[O-])cc1. The van der Waals surface area contributed by atoms with Crippen molar-refractivity contribution in [3.05, 3.63) is 92.5 Å². The van der Waals surface area contributed by atoms with Gasteiger partial charge in [-0.05, 0) is 54.6 Å². The molecule has 3 rings (SSSR count). The van der Waals surface area contributed by atoms with Crippen molar-refractivity contribution < 1.29 is 9.85 Å². The number of thioether (sulfide) groups is 1. The van der Waals surface area contributed by atoms with Gasteiger partial charge in [-0.25, -0.2) is 0 Å². The van der Waals surface area contributed by atoms with Gasteiger partial charge in [0.2, 0.25) is 0 Å². The Balaban J connectivity index is 1.86. The Morgan fingerprint density at radius 3 is 2.21 bits per heavy atom. The molecule has 0 aromatic heterocycles. The number of nitriles is 1. The number of thiocyanates is 1. The van der Waals surface area contributed by atoms with E-state index >= 15 is 0 Å². The van der Waals surface area contributed by atoms with Crippen molar-refractivity contribution >= 4 is 40.2 Å². The smallest absolute Gasteiger partial charge is 0.303 e. The molecule has 3 aromatic rings. The summed E-state index contributed by atoms with van der Waals surface area (Å²) in [5.74, 6) is 0. The van der Waals surface area contributed by atoms with E-state index < -0.39 is 21.2 Å². The summed E-state index contributed by atoms with van der Waals surface area (Å²) in [6.45, 7) is 3.59. The number of rotatable bonds is 9. The summed E-state index contributed by atoms with van der Waals surface area (Å²) in [5.41, 5.74) is 1.34. The van der Waals surface area contributed by atoms with Gasteiger partial charge >= 0.3 is 5.69 Å². The average molecular weight is 462 g/mol. The van der Waals surface area contributed by atoms with Crippen molar-refractivity contribution in [2.24, 2.45) is 10.2 Å². The Hall–Kier alpha value is -4.30. The molecule has 0 aliphatic heterocycles. The van der Waals surface area contributed by atoms with Crippen molar-refractivity contribution in [2.45, 2.75) is 18.4 Å². The third-order valence-electron chi connectivity index (χ3n) is 4.69. The van der Waals surface area contributed by atoms with Gasteiger partial charge in [0, 0.05) is 18.8 Å². The Morgan fingerprint density at radius 1 is 0.970 bits per heavy atom.